The van der Waals surface area contributed by atoms with Gasteiger partial charge in [-0.1, -0.05) is 0 Å². The summed E-state index contributed by atoms with van der Waals surface area (Å²) in [7, 11) is 4.15. The number of ether oxygens (including phenoxy) is 2. The molecule has 23 heavy (non-hydrogen) atoms. The number of rotatable bonds is 7. The molecule has 4 nitrogen and oxygen atoms in total. The Balaban J connectivity index is 1.42. The number of likely N-dealkylation sites (N-methyl/N-ethyl adjacent to an activating group) is 1. The molecule has 2 aliphatic heterocycles. The zero-order chi connectivity index (χ0) is 16.2. The predicted molar refractivity (Wildman–Crippen MR) is 95.1 cm³/mol. The fourth-order valence-electron chi connectivity index (χ4n) is 3.64. The molecule has 2 fully saturated rings. The average molecular weight is 339 g/mol. The van der Waals surface area contributed by atoms with Crippen LogP contribution < -0.4 is 0 Å². The van der Waals surface area contributed by atoms with Crippen molar-refractivity contribution >= 4 is 11.3 Å². The fourth-order valence-corrected chi connectivity index (χ4v) is 4.55. The van der Waals surface area contributed by atoms with Gasteiger partial charge in [-0.2, -0.15) is 0 Å². The quantitative estimate of drug-likeness (QED) is 0.714. The molecule has 0 bridgehead atoms. The fraction of sp³-hybridized carbons (Fsp3) is 0.778. The lowest BCUT2D eigenvalue weighted by Gasteiger charge is -2.36. The Morgan fingerprint density at radius 3 is 2.91 bits per heavy atom. The first kappa shape index (κ1) is 17.4. The number of hydrogen-bond acceptors (Lipinski definition) is 5. The largest absolute Gasteiger partial charge is 0.377 e. The minimum Gasteiger partial charge on any atom is -0.377 e. The second kappa shape index (κ2) is 8.08. The molecule has 3 atom stereocenters. The molecular formula is C18H30N2O2S. The normalized spacial score (nSPS) is 28.4. The average Bonchev–Trinajstić information content (AvgIpc) is 3.10. The molecule has 1 aromatic heterocycles. The molecule has 3 rings (SSSR count). The van der Waals surface area contributed by atoms with Gasteiger partial charge in [0.2, 0.25) is 0 Å². The summed E-state index contributed by atoms with van der Waals surface area (Å²) in [4.78, 5) is 7.67. The van der Waals surface area contributed by atoms with Gasteiger partial charge in [-0.05, 0) is 52.4 Å². The maximum Gasteiger partial charge on any atom is 0.0813 e. The van der Waals surface area contributed by atoms with E-state index in [1.165, 1.54) is 29.1 Å². The van der Waals surface area contributed by atoms with E-state index in [-0.39, 0.29) is 0 Å². The first-order chi connectivity index (χ1) is 11.1. The van der Waals surface area contributed by atoms with Crippen molar-refractivity contribution in [3.8, 4) is 0 Å². The summed E-state index contributed by atoms with van der Waals surface area (Å²) < 4.78 is 12.1. The summed E-state index contributed by atoms with van der Waals surface area (Å²) in [5.41, 5.74) is 0. The number of aryl methyl sites for hydroxylation is 1. The predicted octanol–water partition coefficient (Wildman–Crippen LogP) is 2.76. The van der Waals surface area contributed by atoms with Crippen molar-refractivity contribution in [2.24, 2.45) is 0 Å². The summed E-state index contributed by atoms with van der Waals surface area (Å²) in [6.45, 7) is 6.97. The van der Waals surface area contributed by atoms with Crippen LogP contribution in [0.3, 0.4) is 0 Å². The highest BCUT2D eigenvalue weighted by Crippen LogP contribution is 2.33. The molecule has 0 saturated carbocycles. The van der Waals surface area contributed by atoms with Crippen molar-refractivity contribution in [2.45, 2.75) is 51.0 Å². The highest BCUT2D eigenvalue weighted by molar-refractivity contribution is 7.11. The van der Waals surface area contributed by atoms with E-state index in [0.29, 0.717) is 18.2 Å². The Bertz CT molecular complexity index is 491. The van der Waals surface area contributed by atoms with E-state index in [1.807, 2.05) is 11.3 Å². The van der Waals surface area contributed by atoms with Gasteiger partial charge in [0.25, 0.3) is 0 Å². The topological polar surface area (TPSA) is 24.9 Å². The smallest absolute Gasteiger partial charge is 0.0813 e. The molecule has 0 unspecified atom stereocenters. The van der Waals surface area contributed by atoms with E-state index in [0.717, 1.165) is 32.7 Å². The molecule has 0 N–H and O–H groups in total. The molecule has 5 heteroatoms. The Kier molecular flexibility index (Phi) is 6.10. The van der Waals surface area contributed by atoms with Gasteiger partial charge in [0.1, 0.15) is 0 Å². The number of thiophene rings is 1. The van der Waals surface area contributed by atoms with Gasteiger partial charge in [-0.15, -0.1) is 11.3 Å². The Morgan fingerprint density at radius 1 is 1.30 bits per heavy atom. The number of fused-ring (bicyclic) bond motifs is 1. The zero-order valence-corrected chi connectivity index (χ0v) is 15.5. The van der Waals surface area contributed by atoms with Gasteiger partial charge < -0.3 is 14.4 Å². The van der Waals surface area contributed by atoms with Gasteiger partial charge >= 0.3 is 0 Å². The lowest BCUT2D eigenvalue weighted by atomic mass is 9.99. The summed E-state index contributed by atoms with van der Waals surface area (Å²) >= 11 is 1.92. The van der Waals surface area contributed by atoms with Crippen LogP contribution in [0.5, 0.6) is 0 Å². The Morgan fingerprint density at radius 2 is 2.17 bits per heavy atom. The van der Waals surface area contributed by atoms with Gasteiger partial charge in [0.15, 0.2) is 0 Å². The van der Waals surface area contributed by atoms with Crippen LogP contribution in [0.1, 0.15) is 29.0 Å². The van der Waals surface area contributed by atoms with Gasteiger partial charge in [-0.3, -0.25) is 4.90 Å². The summed E-state index contributed by atoms with van der Waals surface area (Å²) in [6, 6.07) is 5.11. The van der Waals surface area contributed by atoms with Crippen LogP contribution in [0.25, 0.3) is 0 Å². The van der Waals surface area contributed by atoms with E-state index in [4.69, 9.17) is 9.47 Å². The third-order valence-electron chi connectivity index (χ3n) is 4.89. The van der Waals surface area contributed by atoms with E-state index in [1.54, 1.807) is 0 Å². The lowest BCUT2D eigenvalue weighted by Crippen LogP contribution is -2.43. The number of nitrogens with zero attached hydrogens (tertiary/aromatic N) is 2. The van der Waals surface area contributed by atoms with E-state index in [9.17, 15) is 0 Å². The van der Waals surface area contributed by atoms with Crippen LogP contribution in [0.4, 0.5) is 0 Å². The second-order valence-corrected chi connectivity index (χ2v) is 8.46. The summed E-state index contributed by atoms with van der Waals surface area (Å²) in [5.74, 6) is 0. The SMILES string of the molecule is Cc1ccc(CN2CC[C@H]3O[C@H](COCCN(C)C)CC[C@H]32)s1. The second-order valence-electron chi connectivity index (χ2n) is 7.09. The van der Waals surface area contributed by atoms with Crippen molar-refractivity contribution in [1.29, 1.82) is 0 Å². The summed E-state index contributed by atoms with van der Waals surface area (Å²) in [5, 5.41) is 0. The summed E-state index contributed by atoms with van der Waals surface area (Å²) in [6.07, 6.45) is 4.25. The molecule has 0 spiro atoms. The standard InChI is InChI=1S/C18H30N2O2S/c1-14-4-6-16(23-14)12-20-9-8-18-17(20)7-5-15(22-18)13-21-11-10-19(2)3/h4,6,15,17-18H,5,7-13H2,1-3H3/t15-,17+,18+/m0/s1. The molecule has 3 heterocycles. The Hall–Kier alpha value is -0.460. The van der Waals surface area contributed by atoms with Crippen LogP contribution in [0.2, 0.25) is 0 Å². The first-order valence-electron chi connectivity index (χ1n) is 8.79. The van der Waals surface area contributed by atoms with Crippen LogP contribution >= 0.6 is 11.3 Å². The maximum atomic E-state index is 6.31. The van der Waals surface area contributed by atoms with Gasteiger partial charge in [-0.25, -0.2) is 0 Å². The number of hydrogen-bond donors (Lipinski definition) is 0. The van der Waals surface area contributed by atoms with Crippen molar-refractivity contribution in [2.75, 3.05) is 40.4 Å². The van der Waals surface area contributed by atoms with Crippen molar-refractivity contribution in [1.82, 2.24) is 9.80 Å². The Labute approximate surface area is 144 Å². The number of likely N-dealkylation sites (tertiary alicyclic amines) is 1. The molecular weight excluding hydrogens is 308 g/mol. The van der Waals surface area contributed by atoms with E-state index < -0.39 is 0 Å². The van der Waals surface area contributed by atoms with Gasteiger partial charge in [0.05, 0.1) is 25.4 Å². The molecule has 2 saturated heterocycles. The van der Waals surface area contributed by atoms with Crippen molar-refractivity contribution in [3.05, 3.63) is 21.9 Å². The minimum atomic E-state index is 0.294. The van der Waals surface area contributed by atoms with Crippen LogP contribution in [0, 0.1) is 6.92 Å². The minimum absolute atomic E-state index is 0.294. The molecule has 1 aromatic rings. The van der Waals surface area contributed by atoms with Crippen molar-refractivity contribution in [3.63, 3.8) is 0 Å². The molecule has 0 aliphatic carbocycles. The highest BCUT2D eigenvalue weighted by Gasteiger charge is 2.39. The molecule has 2 aliphatic rings. The van der Waals surface area contributed by atoms with Crippen LogP contribution in [-0.2, 0) is 16.0 Å². The molecule has 0 amide bonds. The van der Waals surface area contributed by atoms with Gasteiger partial charge in [0, 0.05) is 35.4 Å². The molecule has 0 radical (unpaired) electrons. The van der Waals surface area contributed by atoms with E-state index >= 15 is 0 Å². The van der Waals surface area contributed by atoms with Crippen LogP contribution in [-0.4, -0.2) is 68.4 Å². The van der Waals surface area contributed by atoms with Crippen molar-refractivity contribution < 1.29 is 9.47 Å². The first-order valence-corrected chi connectivity index (χ1v) is 9.61. The maximum absolute atomic E-state index is 6.31. The zero-order valence-electron chi connectivity index (χ0n) is 14.7. The monoisotopic (exact) mass is 338 g/mol. The van der Waals surface area contributed by atoms with E-state index in [2.05, 4.69) is 43.0 Å². The third-order valence-corrected chi connectivity index (χ3v) is 5.88. The highest BCUT2D eigenvalue weighted by atomic mass is 32.1. The van der Waals surface area contributed by atoms with Crippen LogP contribution in [0.15, 0.2) is 12.1 Å². The third kappa shape index (κ3) is 4.77. The molecule has 0 aromatic carbocycles. The molecule has 130 valence electrons. The lowest BCUT2D eigenvalue weighted by molar-refractivity contribution is -0.100.